The quantitative estimate of drug-likeness (QED) is 0.619. The van der Waals surface area contributed by atoms with Gasteiger partial charge in [-0.15, -0.1) is 0 Å². The Labute approximate surface area is 187 Å². The lowest BCUT2D eigenvalue weighted by molar-refractivity contribution is -0.113. The van der Waals surface area contributed by atoms with E-state index in [1.54, 1.807) is 24.3 Å². The highest BCUT2D eigenvalue weighted by Crippen LogP contribution is 2.25. The number of carbonyl (C=O) groups excluding carboxylic acids is 1. The summed E-state index contributed by atoms with van der Waals surface area (Å²) in [5.41, 5.74) is 3.25. The fourth-order valence-corrected chi connectivity index (χ4v) is 3.98. The van der Waals surface area contributed by atoms with Gasteiger partial charge in [-0.1, -0.05) is 38.1 Å². The number of rotatable bonds is 7. The molecule has 1 saturated heterocycles. The highest BCUT2D eigenvalue weighted by atomic mass is 16.4. The Balaban J connectivity index is 1.96. The molecule has 1 aliphatic rings. The van der Waals surface area contributed by atoms with Gasteiger partial charge in [-0.2, -0.15) is 0 Å². The molecule has 32 heavy (non-hydrogen) atoms. The molecule has 1 fully saturated rings. The molecule has 3 rings (SSSR count). The van der Waals surface area contributed by atoms with Gasteiger partial charge in [-0.25, -0.2) is 9.59 Å². The number of benzene rings is 2. The Morgan fingerprint density at radius 1 is 0.812 bits per heavy atom. The number of piperidine rings is 1. The van der Waals surface area contributed by atoms with Crippen molar-refractivity contribution in [2.24, 2.45) is 0 Å². The highest BCUT2D eigenvalue weighted by Gasteiger charge is 2.29. The number of ketones is 1. The van der Waals surface area contributed by atoms with Gasteiger partial charge in [0, 0.05) is 30.3 Å². The Bertz CT molecular complexity index is 981. The summed E-state index contributed by atoms with van der Waals surface area (Å²) >= 11 is 0. The Kier molecular flexibility index (Phi) is 7.38. The van der Waals surface area contributed by atoms with Crippen molar-refractivity contribution in [2.75, 3.05) is 13.1 Å². The number of aromatic carboxylic acids is 2. The molecule has 2 aromatic carbocycles. The van der Waals surface area contributed by atoms with E-state index >= 15 is 0 Å². The van der Waals surface area contributed by atoms with E-state index in [2.05, 4.69) is 18.7 Å². The topological polar surface area (TPSA) is 94.9 Å². The molecule has 0 spiro atoms. The summed E-state index contributed by atoms with van der Waals surface area (Å²) in [6.45, 7) is 5.32. The van der Waals surface area contributed by atoms with Gasteiger partial charge in [-0.05, 0) is 60.4 Å². The van der Waals surface area contributed by atoms with E-state index in [9.17, 15) is 14.4 Å². The molecule has 2 N–H and O–H groups in total. The van der Waals surface area contributed by atoms with Crippen molar-refractivity contribution in [1.29, 1.82) is 0 Å². The Hall–Kier alpha value is -3.51. The van der Waals surface area contributed by atoms with Crippen LogP contribution in [-0.2, 0) is 4.79 Å². The van der Waals surface area contributed by atoms with Crippen LogP contribution in [0.3, 0.4) is 0 Å². The Morgan fingerprint density at radius 2 is 1.19 bits per heavy atom. The number of carbonyl (C=O) groups is 3. The molecule has 1 aliphatic heterocycles. The summed E-state index contributed by atoms with van der Waals surface area (Å²) in [6, 6.07) is 13.3. The summed E-state index contributed by atoms with van der Waals surface area (Å²) in [7, 11) is 0. The smallest absolute Gasteiger partial charge is 0.335 e. The number of likely N-dealkylation sites (tertiary alicyclic amines) is 1. The molecule has 1 heterocycles. The van der Waals surface area contributed by atoms with Crippen LogP contribution >= 0.6 is 0 Å². The zero-order valence-corrected chi connectivity index (χ0v) is 18.2. The fourth-order valence-electron chi connectivity index (χ4n) is 3.98. The first-order chi connectivity index (χ1) is 15.3. The highest BCUT2D eigenvalue weighted by molar-refractivity contribution is 6.14. The van der Waals surface area contributed by atoms with Crippen molar-refractivity contribution in [3.05, 3.63) is 81.9 Å². The lowest BCUT2D eigenvalue weighted by Crippen LogP contribution is -2.43. The van der Waals surface area contributed by atoms with Crippen LogP contribution in [-0.4, -0.2) is 52.0 Å². The van der Waals surface area contributed by atoms with E-state index in [0.29, 0.717) is 30.3 Å². The van der Waals surface area contributed by atoms with E-state index < -0.39 is 11.9 Å². The number of nitrogens with zero attached hydrogens (tertiary/aromatic N) is 1. The second-order valence-electron chi connectivity index (χ2n) is 7.90. The normalized spacial score (nSPS) is 17.3. The van der Waals surface area contributed by atoms with Crippen molar-refractivity contribution >= 4 is 29.9 Å². The molecule has 6 nitrogen and oxygen atoms in total. The average molecular weight is 434 g/mol. The zero-order chi connectivity index (χ0) is 23.3. The van der Waals surface area contributed by atoms with Crippen molar-refractivity contribution in [1.82, 2.24) is 4.90 Å². The Morgan fingerprint density at radius 3 is 1.50 bits per heavy atom. The number of hydrogen-bond donors (Lipinski definition) is 2. The van der Waals surface area contributed by atoms with Crippen LogP contribution in [0.1, 0.15) is 58.5 Å². The predicted molar refractivity (Wildman–Crippen MR) is 124 cm³/mol. The second-order valence-corrected chi connectivity index (χ2v) is 7.90. The molecule has 166 valence electrons. The number of hydrogen-bond acceptors (Lipinski definition) is 4. The molecule has 0 aromatic heterocycles. The lowest BCUT2D eigenvalue weighted by atomic mass is 9.92. The second kappa shape index (κ2) is 10.2. The van der Waals surface area contributed by atoms with Crippen LogP contribution < -0.4 is 0 Å². The van der Waals surface area contributed by atoms with Crippen LogP contribution in [0.2, 0.25) is 0 Å². The number of Topliss-reactive ketones (excluding diaryl/α,β-unsaturated/α-hetero) is 1. The summed E-state index contributed by atoms with van der Waals surface area (Å²) in [5, 5.41) is 18.2. The molecule has 0 saturated carbocycles. The third kappa shape index (κ3) is 5.39. The molecule has 0 unspecified atom stereocenters. The van der Waals surface area contributed by atoms with Gasteiger partial charge in [-0.3, -0.25) is 9.69 Å². The predicted octanol–water partition coefficient (Wildman–Crippen LogP) is 4.62. The van der Waals surface area contributed by atoms with Gasteiger partial charge in [0.25, 0.3) is 0 Å². The van der Waals surface area contributed by atoms with Gasteiger partial charge < -0.3 is 10.2 Å². The summed E-state index contributed by atoms with van der Waals surface area (Å²) in [4.78, 5) is 37.8. The minimum Gasteiger partial charge on any atom is -0.478 e. The van der Waals surface area contributed by atoms with E-state index in [1.165, 1.54) is 24.3 Å². The molecular formula is C26H27NO5. The average Bonchev–Trinajstić information content (AvgIpc) is 2.78. The standard InChI is InChI=1S/C26H27NO5/c1-3-23(4-2)27-15-21(13-17-5-9-19(10-6-17)25(29)30)24(28)22(16-27)14-18-7-11-20(12-8-18)26(31)32/h5-14,23H,3-4,15-16H2,1-2H3,(H,29,30)(H,31,32). The lowest BCUT2D eigenvalue weighted by Gasteiger charge is -2.35. The van der Waals surface area contributed by atoms with E-state index in [0.717, 1.165) is 24.0 Å². The van der Waals surface area contributed by atoms with E-state index in [-0.39, 0.29) is 16.9 Å². The SMILES string of the molecule is CCC(CC)N1CC(=Cc2ccc(C(=O)O)cc2)C(=O)C(=Cc2ccc(C(=O)O)cc2)C1. The first kappa shape index (κ1) is 23.2. The van der Waals surface area contributed by atoms with Crippen molar-refractivity contribution in [2.45, 2.75) is 32.7 Å². The zero-order valence-electron chi connectivity index (χ0n) is 18.2. The fraction of sp³-hybridized carbons (Fsp3) is 0.269. The maximum absolute atomic E-state index is 13.3. The van der Waals surface area contributed by atoms with Crippen LogP contribution in [0.5, 0.6) is 0 Å². The van der Waals surface area contributed by atoms with Gasteiger partial charge in [0.1, 0.15) is 0 Å². The molecular weight excluding hydrogens is 406 g/mol. The molecule has 0 radical (unpaired) electrons. The minimum absolute atomic E-state index is 0.0446. The van der Waals surface area contributed by atoms with Gasteiger partial charge in [0.2, 0.25) is 0 Å². The minimum atomic E-state index is -0.989. The van der Waals surface area contributed by atoms with E-state index in [1.807, 2.05) is 12.2 Å². The molecule has 0 bridgehead atoms. The maximum atomic E-state index is 13.3. The third-order valence-electron chi connectivity index (χ3n) is 5.79. The van der Waals surface area contributed by atoms with Crippen molar-refractivity contribution in [3.8, 4) is 0 Å². The molecule has 6 heteroatoms. The summed E-state index contributed by atoms with van der Waals surface area (Å²) in [6.07, 6.45) is 5.57. The van der Waals surface area contributed by atoms with Crippen molar-refractivity contribution < 1.29 is 24.6 Å². The third-order valence-corrected chi connectivity index (χ3v) is 5.79. The summed E-state index contributed by atoms with van der Waals surface area (Å²) < 4.78 is 0. The maximum Gasteiger partial charge on any atom is 0.335 e. The number of carboxylic acid groups (broad SMARTS) is 2. The van der Waals surface area contributed by atoms with Gasteiger partial charge >= 0.3 is 11.9 Å². The molecule has 0 atom stereocenters. The summed E-state index contributed by atoms with van der Waals surface area (Å²) in [5.74, 6) is -2.02. The van der Waals surface area contributed by atoms with Gasteiger partial charge in [0.15, 0.2) is 5.78 Å². The first-order valence-electron chi connectivity index (χ1n) is 10.7. The van der Waals surface area contributed by atoms with Crippen LogP contribution in [0, 0.1) is 0 Å². The van der Waals surface area contributed by atoms with Crippen LogP contribution in [0.25, 0.3) is 12.2 Å². The largest absolute Gasteiger partial charge is 0.478 e. The van der Waals surface area contributed by atoms with Crippen molar-refractivity contribution in [3.63, 3.8) is 0 Å². The number of carboxylic acids is 2. The van der Waals surface area contributed by atoms with Gasteiger partial charge in [0.05, 0.1) is 11.1 Å². The van der Waals surface area contributed by atoms with Crippen LogP contribution in [0.4, 0.5) is 0 Å². The molecule has 0 aliphatic carbocycles. The first-order valence-corrected chi connectivity index (χ1v) is 10.7. The monoisotopic (exact) mass is 433 g/mol. The molecule has 0 amide bonds. The van der Waals surface area contributed by atoms with Crippen LogP contribution in [0.15, 0.2) is 59.7 Å². The molecule has 2 aromatic rings. The van der Waals surface area contributed by atoms with E-state index in [4.69, 9.17) is 10.2 Å².